The molecular weight excluding hydrogens is 200 g/mol. The number of thioether (sulfide) groups is 1. The van der Waals surface area contributed by atoms with E-state index in [4.69, 9.17) is 0 Å². The Labute approximate surface area is 85.4 Å². The fraction of sp³-hybridized carbons (Fsp3) is 0.333. The Balaban J connectivity index is 2.57. The Morgan fingerprint density at radius 3 is 3.08 bits per heavy atom. The standard InChI is InChI=1S/C9H10N2S2/c1-3-8-11-7-4-6(12-2)5-10-9(7)13-8/h4-5H,3H2,1-2H3. The summed E-state index contributed by atoms with van der Waals surface area (Å²) in [5, 5.41) is 1.17. The molecule has 0 fully saturated rings. The second-order valence-electron chi connectivity index (χ2n) is 2.66. The van der Waals surface area contributed by atoms with E-state index in [1.807, 2.05) is 6.20 Å². The lowest BCUT2D eigenvalue weighted by molar-refractivity contribution is 1.11. The van der Waals surface area contributed by atoms with Gasteiger partial charge in [0.05, 0.1) is 5.01 Å². The van der Waals surface area contributed by atoms with Crippen LogP contribution in [0.3, 0.4) is 0 Å². The quantitative estimate of drug-likeness (QED) is 0.713. The molecule has 4 heteroatoms. The minimum absolute atomic E-state index is 0.996. The maximum atomic E-state index is 4.48. The Hall–Kier alpha value is -0.610. The molecule has 13 heavy (non-hydrogen) atoms. The zero-order valence-corrected chi connectivity index (χ0v) is 9.21. The molecule has 0 radical (unpaired) electrons. The van der Waals surface area contributed by atoms with Gasteiger partial charge in [-0.2, -0.15) is 0 Å². The van der Waals surface area contributed by atoms with Crippen LogP contribution in [0.2, 0.25) is 0 Å². The van der Waals surface area contributed by atoms with Crippen molar-refractivity contribution in [2.75, 3.05) is 6.26 Å². The molecule has 0 aromatic carbocycles. The van der Waals surface area contributed by atoms with Crippen LogP contribution in [0.4, 0.5) is 0 Å². The molecule has 2 aromatic heterocycles. The van der Waals surface area contributed by atoms with Crippen molar-refractivity contribution < 1.29 is 0 Å². The van der Waals surface area contributed by atoms with Crippen molar-refractivity contribution in [2.45, 2.75) is 18.2 Å². The number of hydrogen-bond acceptors (Lipinski definition) is 4. The average molecular weight is 210 g/mol. The minimum Gasteiger partial charge on any atom is -0.242 e. The third kappa shape index (κ3) is 1.69. The molecule has 2 nitrogen and oxygen atoms in total. The zero-order chi connectivity index (χ0) is 9.26. The molecule has 0 N–H and O–H groups in total. The van der Waals surface area contributed by atoms with E-state index in [0.717, 1.165) is 16.8 Å². The van der Waals surface area contributed by atoms with Crippen molar-refractivity contribution in [3.05, 3.63) is 17.3 Å². The molecule has 0 atom stereocenters. The van der Waals surface area contributed by atoms with Crippen LogP contribution >= 0.6 is 23.1 Å². The first kappa shape index (κ1) is 8.97. The summed E-state index contributed by atoms with van der Waals surface area (Å²) < 4.78 is 0. The summed E-state index contributed by atoms with van der Waals surface area (Å²) in [6.45, 7) is 2.12. The summed E-state index contributed by atoms with van der Waals surface area (Å²) in [5.41, 5.74) is 1.04. The first-order valence-corrected chi connectivity index (χ1v) is 6.17. The molecule has 0 aliphatic carbocycles. The highest BCUT2D eigenvalue weighted by molar-refractivity contribution is 7.98. The Morgan fingerprint density at radius 2 is 2.38 bits per heavy atom. The average Bonchev–Trinajstić information content (AvgIpc) is 2.58. The lowest BCUT2D eigenvalue weighted by Gasteiger charge is -1.92. The Bertz CT molecular complexity index is 420. The number of hydrogen-bond donors (Lipinski definition) is 0. The Kier molecular flexibility index (Phi) is 2.51. The highest BCUT2D eigenvalue weighted by Crippen LogP contribution is 2.24. The lowest BCUT2D eigenvalue weighted by Crippen LogP contribution is -1.77. The van der Waals surface area contributed by atoms with E-state index in [0.29, 0.717) is 0 Å². The van der Waals surface area contributed by atoms with Crippen LogP contribution in [0.1, 0.15) is 11.9 Å². The number of pyridine rings is 1. The third-order valence-corrected chi connectivity index (χ3v) is 3.62. The van der Waals surface area contributed by atoms with Gasteiger partial charge in [0.1, 0.15) is 10.3 Å². The third-order valence-electron chi connectivity index (χ3n) is 1.80. The molecule has 0 saturated carbocycles. The van der Waals surface area contributed by atoms with E-state index in [2.05, 4.69) is 29.2 Å². The van der Waals surface area contributed by atoms with Gasteiger partial charge in [-0.15, -0.1) is 11.8 Å². The van der Waals surface area contributed by atoms with Crippen LogP contribution in [0.5, 0.6) is 0 Å². The van der Waals surface area contributed by atoms with Crippen molar-refractivity contribution in [2.24, 2.45) is 0 Å². The van der Waals surface area contributed by atoms with Crippen LogP contribution in [0.25, 0.3) is 10.3 Å². The number of nitrogens with zero attached hydrogens (tertiary/aromatic N) is 2. The topological polar surface area (TPSA) is 25.8 Å². The first-order chi connectivity index (χ1) is 6.33. The molecule has 0 aliphatic heterocycles. The summed E-state index contributed by atoms with van der Waals surface area (Å²) >= 11 is 3.39. The van der Waals surface area contributed by atoms with Gasteiger partial charge in [0.25, 0.3) is 0 Å². The summed E-state index contributed by atoms with van der Waals surface area (Å²) in [4.78, 5) is 11.1. The molecule has 68 valence electrons. The lowest BCUT2D eigenvalue weighted by atomic mass is 10.4. The highest BCUT2D eigenvalue weighted by atomic mass is 32.2. The van der Waals surface area contributed by atoms with Crippen LogP contribution in [-0.4, -0.2) is 16.2 Å². The molecule has 0 amide bonds. The van der Waals surface area contributed by atoms with Crippen molar-refractivity contribution in [3.8, 4) is 0 Å². The van der Waals surface area contributed by atoms with Gasteiger partial charge in [0.2, 0.25) is 0 Å². The molecule has 0 aliphatic rings. The normalized spacial score (nSPS) is 10.9. The summed E-state index contributed by atoms with van der Waals surface area (Å²) in [6.07, 6.45) is 4.95. The molecule has 0 unspecified atom stereocenters. The maximum absolute atomic E-state index is 4.48. The first-order valence-electron chi connectivity index (χ1n) is 4.13. The summed E-state index contributed by atoms with van der Waals surface area (Å²) in [5.74, 6) is 0. The van der Waals surface area contributed by atoms with E-state index < -0.39 is 0 Å². The van der Waals surface area contributed by atoms with Crippen LogP contribution in [0.15, 0.2) is 17.2 Å². The summed E-state index contributed by atoms with van der Waals surface area (Å²) in [7, 11) is 0. The smallest absolute Gasteiger partial charge is 0.143 e. The van der Waals surface area contributed by atoms with Gasteiger partial charge in [-0.05, 0) is 18.7 Å². The molecule has 2 heterocycles. The van der Waals surface area contributed by atoms with E-state index in [9.17, 15) is 0 Å². The monoisotopic (exact) mass is 210 g/mol. The van der Waals surface area contributed by atoms with E-state index in [1.165, 1.54) is 9.90 Å². The van der Waals surface area contributed by atoms with Gasteiger partial charge >= 0.3 is 0 Å². The number of aryl methyl sites for hydroxylation is 1. The van der Waals surface area contributed by atoms with Crippen molar-refractivity contribution in [1.82, 2.24) is 9.97 Å². The number of aromatic nitrogens is 2. The SMILES string of the molecule is CCc1nc2cc(SC)cnc2s1. The predicted molar refractivity (Wildman–Crippen MR) is 58.6 cm³/mol. The summed E-state index contributed by atoms with van der Waals surface area (Å²) in [6, 6.07) is 2.10. The van der Waals surface area contributed by atoms with Gasteiger partial charge in [0.15, 0.2) is 0 Å². The van der Waals surface area contributed by atoms with E-state index >= 15 is 0 Å². The highest BCUT2D eigenvalue weighted by Gasteiger charge is 2.03. The van der Waals surface area contributed by atoms with Crippen molar-refractivity contribution in [3.63, 3.8) is 0 Å². The van der Waals surface area contributed by atoms with E-state index in [1.54, 1.807) is 23.1 Å². The predicted octanol–water partition coefficient (Wildman–Crippen LogP) is 2.98. The molecule has 0 saturated heterocycles. The number of fused-ring (bicyclic) bond motifs is 1. The second kappa shape index (κ2) is 3.64. The second-order valence-corrected chi connectivity index (χ2v) is 4.60. The van der Waals surface area contributed by atoms with Crippen molar-refractivity contribution >= 4 is 33.4 Å². The minimum atomic E-state index is 0.996. The maximum Gasteiger partial charge on any atom is 0.143 e. The molecule has 2 rings (SSSR count). The van der Waals surface area contributed by atoms with Gasteiger partial charge in [0, 0.05) is 11.1 Å². The Morgan fingerprint density at radius 1 is 1.54 bits per heavy atom. The number of rotatable bonds is 2. The molecule has 0 spiro atoms. The largest absolute Gasteiger partial charge is 0.242 e. The van der Waals surface area contributed by atoms with Gasteiger partial charge in [-0.3, -0.25) is 0 Å². The van der Waals surface area contributed by atoms with Crippen molar-refractivity contribution in [1.29, 1.82) is 0 Å². The van der Waals surface area contributed by atoms with Gasteiger partial charge < -0.3 is 0 Å². The zero-order valence-electron chi connectivity index (χ0n) is 7.57. The van der Waals surface area contributed by atoms with Crippen LogP contribution in [-0.2, 0) is 6.42 Å². The van der Waals surface area contributed by atoms with Crippen LogP contribution < -0.4 is 0 Å². The molecule has 2 aromatic rings. The van der Waals surface area contributed by atoms with Gasteiger partial charge in [-0.25, -0.2) is 9.97 Å². The fourth-order valence-corrected chi connectivity index (χ4v) is 2.33. The molecule has 0 bridgehead atoms. The fourth-order valence-electron chi connectivity index (χ4n) is 1.11. The number of thiazole rings is 1. The van der Waals surface area contributed by atoms with E-state index in [-0.39, 0.29) is 0 Å². The molecular formula is C9H10N2S2. The van der Waals surface area contributed by atoms with Crippen LogP contribution in [0, 0.1) is 0 Å². The van der Waals surface area contributed by atoms with Gasteiger partial charge in [-0.1, -0.05) is 18.3 Å².